The Kier molecular flexibility index (Phi) is 4.96. The van der Waals surface area contributed by atoms with Gasteiger partial charge in [0.1, 0.15) is 11.6 Å². The number of benzene rings is 1. The van der Waals surface area contributed by atoms with Crippen LogP contribution in [0, 0.1) is 5.82 Å². The summed E-state index contributed by atoms with van der Waals surface area (Å²) in [5.74, 6) is -1.24. The molecule has 0 amide bonds. The minimum atomic E-state index is -4.32. The van der Waals surface area contributed by atoms with E-state index in [0.29, 0.717) is 4.31 Å². The van der Waals surface area contributed by atoms with Gasteiger partial charge in [0.15, 0.2) is 11.6 Å². The number of thiocarbonyl (C=S) groups is 1. The molecule has 0 aliphatic carbocycles. The molecule has 0 bridgehead atoms. The number of hydrogen-bond acceptors (Lipinski definition) is 7. The first-order chi connectivity index (χ1) is 12.7. The van der Waals surface area contributed by atoms with Gasteiger partial charge in [-0.1, -0.05) is 0 Å². The average Bonchev–Trinajstić information content (AvgIpc) is 3.22. The molecule has 0 spiro atoms. The Morgan fingerprint density at radius 3 is 2.56 bits per heavy atom. The van der Waals surface area contributed by atoms with Gasteiger partial charge in [-0.15, -0.1) is 0 Å². The van der Waals surface area contributed by atoms with E-state index in [1.807, 2.05) is 0 Å². The molecule has 0 unspecified atom stereocenters. The van der Waals surface area contributed by atoms with Gasteiger partial charge in [-0.25, -0.2) is 21.9 Å². The van der Waals surface area contributed by atoms with Crippen LogP contribution >= 0.6 is 12.2 Å². The summed E-state index contributed by atoms with van der Waals surface area (Å²) >= 11 is 5.12. The molecule has 3 rings (SSSR count). The fourth-order valence-electron chi connectivity index (χ4n) is 2.86. The third kappa shape index (κ3) is 3.19. The van der Waals surface area contributed by atoms with Crippen molar-refractivity contribution in [3.63, 3.8) is 0 Å². The Balaban J connectivity index is 2.13. The van der Waals surface area contributed by atoms with Gasteiger partial charge < -0.3 is 13.9 Å². The molecule has 1 aromatic heterocycles. The maximum absolute atomic E-state index is 13.2. The Bertz CT molecular complexity index is 958. The molecule has 144 valence electrons. The first-order valence-corrected chi connectivity index (χ1v) is 9.80. The highest BCUT2D eigenvalue weighted by Gasteiger charge is 2.60. The van der Waals surface area contributed by atoms with E-state index in [1.165, 1.54) is 13.2 Å². The Hall–Kier alpha value is -2.46. The predicted molar refractivity (Wildman–Crippen MR) is 95.6 cm³/mol. The molecular formula is C17H16FNO6S2. The zero-order valence-corrected chi connectivity index (χ0v) is 16.1. The number of ether oxygens (including phenoxy) is 2. The minimum Gasteiger partial charge on any atom is -0.465 e. The summed E-state index contributed by atoms with van der Waals surface area (Å²) in [6.45, 7) is 3.11. The van der Waals surface area contributed by atoms with E-state index < -0.39 is 38.6 Å². The van der Waals surface area contributed by atoms with Gasteiger partial charge in [-0.2, -0.15) is 0 Å². The highest BCUT2D eigenvalue weighted by atomic mass is 32.2. The Labute approximate surface area is 160 Å². The van der Waals surface area contributed by atoms with Crippen LogP contribution in [0.2, 0.25) is 0 Å². The van der Waals surface area contributed by atoms with E-state index in [1.54, 1.807) is 19.1 Å². The van der Waals surface area contributed by atoms with Crippen LogP contribution in [0.15, 0.2) is 52.0 Å². The van der Waals surface area contributed by atoms with Crippen LogP contribution in [0.25, 0.3) is 0 Å². The molecule has 2 heterocycles. The van der Waals surface area contributed by atoms with Crippen molar-refractivity contribution < 1.29 is 31.5 Å². The van der Waals surface area contributed by atoms with Crippen molar-refractivity contribution in [3.05, 3.63) is 54.2 Å². The number of furan rings is 1. The lowest BCUT2D eigenvalue weighted by atomic mass is 9.94. The highest BCUT2D eigenvalue weighted by Crippen LogP contribution is 2.42. The fraction of sp³-hybridized carbons (Fsp3) is 0.294. The van der Waals surface area contributed by atoms with Gasteiger partial charge in [0.25, 0.3) is 15.2 Å². The molecular weight excluding hydrogens is 397 g/mol. The van der Waals surface area contributed by atoms with E-state index in [4.69, 9.17) is 26.1 Å². The molecule has 1 aromatic carbocycles. The van der Waals surface area contributed by atoms with Crippen LogP contribution in [0.5, 0.6) is 0 Å². The molecule has 0 saturated carbocycles. The van der Waals surface area contributed by atoms with E-state index in [0.717, 1.165) is 24.3 Å². The molecule has 0 radical (unpaired) electrons. The quantitative estimate of drug-likeness (QED) is 0.550. The van der Waals surface area contributed by atoms with Crippen LogP contribution in [-0.2, 0) is 29.9 Å². The van der Waals surface area contributed by atoms with Gasteiger partial charge in [0.05, 0.1) is 17.8 Å². The van der Waals surface area contributed by atoms with Crippen LogP contribution in [0.1, 0.15) is 19.6 Å². The molecule has 1 fully saturated rings. The van der Waals surface area contributed by atoms with Crippen molar-refractivity contribution in [2.75, 3.05) is 6.61 Å². The minimum absolute atomic E-state index is 0.0285. The summed E-state index contributed by atoms with van der Waals surface area (Å²) < 4.78 is 56.2. The monoisotopic (exact) mass is 413 g/mol. The molecule has 27 heavy (non-hydrogen) atoms. The molecule has 1 saturated heterocycles. The van der Waals surface area contributed by atoms with Crippen LogP contribution in [0.4, 0.5) is 4.39 Å². The average molecular weight is 413 g/mol. The summed E-state index contributed by atoms with van der Waals surface area (Å²) in [5, 5.41) is -0.434. The third-order valence-electron chi connectivity index (χ3n) is 4.13. The fourth-order valence-corrected chi connectivity index (χ4v) is 4.93. The maximum Gasteiger partial charge on any atom is 0.334 e. The van der Waals surface area contributed by atoms with E-state index in [-0.39, 0.29) is 17.3 Å². The summed E-state index contributed by atoms with van der Waals surface area (Å²) in [7, 11) is -4.32. The van der Waals surface area contributed by atoms with E-state index in [2.05, 4.69) is 0 Å². The number of nitrogens with zero attached hydrogens (tertiary/aromatic N) is 1. The summed E-state index contributed by atoms with van der Waals surface area (Å²) in [4.78, 5) is 12.4. The van der Waals surface area contributed by atoms with Gasteiger partial charge in [-0.3, -0.25) is 0 Å². The smallest absolute Gasteiger partial charge is 0.334 e. The molecule has 1 aliphatic heterocycles. The first-order valence-electron chi connectivity index (χ1n) is 7.95. The Morgan fingerprint density at radius 1 is 1.33 bits per heavy atom. The second-order valence-corrected chi connectivity index (χ2v) is 8.03. The van der Waals surface area contributed by atoms with Gasteiger partial charge in [0, 0.05) is 0 Å². The van der Waals surface area contributed by atoms with Crippen LogP contribution in [-0.4, -0.2) is 36.5 Å². The number of rotatable bonds is 5. The van der Waals surface area contributed by atoms with Crippen molar-refractivity contribution in [1.29, 1.82) is 0 Å². The third-order valence-corrected chi connectivity index (χ3v) is 6.28. The topological polar surface area (TPSA) is 86.0 Å². The van der Waals surface area contributed by atoms with E-state index in [9.17, 15) is 17.6 Å². The second-order valence-electron chi connectivity index (χ2n) is 5.86. The number of carbonyl (C=O) groups excluding carboxylic acids is 1. The molecule has 2 atom stereocenters. The summed E-state index contributed by atoms with van der Waals surface area (Å²) in [6, 6.07) is 5.83. The molecule has 2 aromatic rings. The molecule has 0 N–H and O–H groups in total. The lowest BCUT2D eigenvalue weighted by Gasteiger charge is -2.28. The zero-order chi connectivity index (χ0) is 19.8. The molecule has 1 aliphatic rings. The Morgan fingerprint density at radius 2 is 2.00 bits per heavy atom. The molecule has 10 heteroatoms. The number of esters is 1. The highest BCUT2D eigenvalue weighted by molar-refractivity contribution is 7.91. The predicted octanol–water partition coefficient (Wildman–Crippen LogP) is 2.57. The lowest BCUT2D eigenvalue weighted by Crippen LogP contribution is -2.50. The largest absolute Gasteiger partial charge is 0.465 e. The number of carbonyl (C=O) groups is 1. The van der Waals surface area contributed by atoms with Gasteiger partial charge in [0.2, 0.25) is 0 Å². The SMILES string of the molecule is CCOC(=O)[C@H]1N(S(=O)(=O)c2ccc(F)cc2)C(=S)O[C@]1(C)c1ccco1. The van der Waals surface area contributed by atoms with Crippen molar-refractivity contribution >= 4 is 33.4 Å². The van der Waals surface area contributed by atoms with Crippen LogP contribution < -0.4 is 0 Å². The normalized spacial score (nSPS) is 22.6. The van der Waals surface area contributed by atoms with Gasteiger partial charge in [-0.05, 0) is 62.5 Å². The van der Waals surface area contributed by atoms with Crippen LogP contribution in [0.3, 0.4) is 0 Å². The van der Waals surface area contributed by atoms with Gasteiger partial charge >= 0.3 is 5.97 Å². The number of hydrogen-bond donors (Lipinski definition) is 0. The molecule has 7 nitrogen and oxygen atoms in total. The lowest BCUT2D eigenvalue weighted by molar-refractivity contribution is -0.151. The second kappa shape index (κ2) is 6.93. The number of halogens is 1. The van der Waals surface area contributed by atoms with Crippen molar-refractivity contribution in [1.82, 2.24) is 4.31 Å². The maximum atomic E-state index is 13.2. The van der Waals surface area contributed by atoms with Crippen molar-refractivity contribution in [2.24, 2.45) is 0 Å². The standard InChI is InChI=1S/C17H16FNO6S2/c1-3-23-15(20)14-17(2,13-5-4-10-24-13)25-16(26)19(14)27(21,22)12-8-6-11(18)7-9-12/h4-10,14H,3H2,1-2H3/t14-,17-/m1/s1. The summed E-state index contributed by atoms with van der Waals surface area (Å²) in [6.07, 6.45) is 1.37. The van der Waals surface area contributed by atoms with Crippen molar-refractivity contribution in [2.45, 2.75) is 30.4 Å². The van der Waals surface area contributed by atoms with Crippen molar-refractivity contribution in [3.8, 4) is 0 Å². The number of sulfonamides is 1. The van der Waals surface area contributed by atoms with E-state index >= 15 is 0 Å². The first kappa shape index (κ1) is 19.3. The zero-order valence-electron chi connectivity index (χ0n) is 14.4. The summed E-state index contributed by atoms with van der Waals surface area (Å²) in [5.41, 5.74) is -1.53.